The number of esters is 1. The largest absolute Gasteiger partial charge is 0.469 e. The van der Waals surface area contributed by atoms with E-state index < -0.39 is 11.4 Å². The Morgan fingerprint density at radius 1 is 0.854 bits per heavy atom. The van der Waals surface area contributed by atoms with Gasteiger partial charge in [0.1, 0.15) is 22.9 Å². The minimum atomic E-state index is -0.997. The number of fused-ring (bicyclic) bond motifs is 4. The van der Waals surface area contributed by atoms with E-state index in [2.05, 4.69) is 56.9 Å². The second-order valence-electron chi connectivity index (χ2n) is 12.7. The third-order valence-corrected chi connectivity index (χ3v) is 10.2. The lowest BCUT2D eigenvalue weighted by molar-refractivity contribution is -0.152. The molecule has 0 radical (unpaired) electrons. The zero-order valence-electron chi connectivity index (χ0n) is 26.4. The summed E-state index contributed by atoms with van der Waals surface area (Å²) in [4.78, 5) is 22.4. The molecule has 0 spiro atoms. The van der Waals surface area contributed by atoms with E-state index in [-0.39, 0.29) is 29.7 Å². The van der Waals surface area contributed by atoms with Crippen LogP contribution in [0.15, 0.2) is 109 Å². The van der Waals surface area contributed by atoms with Gasteiger partial charge in [0.2, 0.25) is 5.82 Å². The number of halogens is 1. The van der Waals surface area contributed by atoms with E-state index in [1.165, 1.54) is 19.4 Å². The molecule has 0 saturated heterocycles. The highest BCUT2D eigenvalue weighted by Gasteiger charge is 2.48. The molecule has 3 aliphatic rings. The van der Waals surface area contributed by atoms with Gasteiger partial charge in [-0.05, 0) is 60.3 Å². The molecule has 0 aliphatic heterocycles. The van der Waals surface area contributed by atoms with Gasteiger partial charge < -0.3 is 10.1 Å². The Kier molecular flexibility index (Phi) is 7.63. The van der Waals surface area contributed by atoms with E-state index in [1.807, 2.05) is 59.3 Å². The molecule has 6 aromatic rings. The van der Waals surface area contributed by atoms with E-state index in [0.717, 1.165) is 42.4 Å². The summed E-state index contributed by atoms with van der Waals surface area (Å²) in [6.45, 7) is 0. The zero-order valence-corrected chi connectivity index (χ0v) is 26.4. The average Bonchev–Trinajstić information content (AvgIpc) is 3.52. The van der Waals surface area contributed by atoms with Crippen LogP contribution >= 0.6 is 0 Å². The molecule has 3 aliphatic carbocycles. The summed E-state index contributed by atoms with van der Waals surface area (Å²) in [6, 6.07) is 31.6. The average molecular weight is 640 g/mol. The fourth-order valence-corrected chi connectivity index (χ4v) is 8.06. The second kappa shape index (κ2) is 12.3. The lowest BCUT2D eigenvalue weighted by Crippen LogP contribution is -2.51. The lowest BCUT2D eigenvalue weighted by Gasteiger charge is -2.47. The van der Waals surface area contributed by atoms with Crippen molar-refractivity contribution in [2.45, 2.75) is 37.3 Å². The molecule has 1 N–H and O–H groups in total. The normalized spacial score (nSPS) is 20.5. The van der Waals surface area contributed by atoms with Gasteiger partial charge in [0.25, 0.3) is 0 Å². The Hall–Kier alpha value is -5.51. The zero-order chi connectivity index (χ0) is 32.7. The molecule has 48 heavy (non-hydrogen) atoms. The summed E-state index contributed by atoms with van der Waals surface area (Å²) in [5.74, 6) is 0.310. The van der Waals surface area contributed by atoms with Crippen molar-refractivity contribution in [2.24, 2.45) is 17.8 Å². The molecule has 240 valence electrons. The summed E-state index contributed by atoms with van der Waals surface area (Å²) in [5, 5.41) is 17.9. The number of ether oxygens (including phenoxy) is 1. The highest BCUT2D eigenvalue weighted by Crippen LogP contribution is 2.47. The van der Waals surface area contributed by atoms with Crippen molar-refractivity contribution in [1.29, 1.82) is 0 Å². The fourth-order valence-electron chi connectivity index (χ4n) is 8.06. The summed E-state index contributed by atoms with van der Waals surface area (Å²) in [5.41, 5.74) is 2.64. The maximum absolute atomic E-state index is 15.0. The molecule has 9 nitrogen and oxygen atoms in total. The van der Waals surface area contributed by atoms with Crippen LogP contribution in [0, 0.1) is 23.6 Å². The van der Waals surface area contributed by atoms with Gasteiger partial charge in [-0.3, -0.25) is 4.79 Å². The third kappa shape index (κ3) is 4.90. The Labute approximate surface area is 277 Å². The third-order valence-electron chi connectivity index (χ3n) is 10.2. The van der Waals surface area contributed by atoms with Crippen LogP contribution in [0.1, 0.15) is 42.4 Å². The van der Waals surface area contributed by atoms with Gasteiger partial charge in [-0.25, -0.2) is 19.0 Å². The van der Waals surface area contributed by atoms with Crippen molar-refractivity contribution in [2.75, 3.05) is 12.4 Å². The molecule has 3 fully saturated rings. The van der Waals surface area contributed by atoms with Gasteiger partial charge in [0.05, 0.1) is 30.8 Å². The number of benzene rings is 3. The number of anilines is 1. The first-order chi connectivity index (χ1) is 23.6. The summed E-state index contributed by atoms with van der Waals surface area (Å²) >= 11 is 0. The molecule has 9 rings (SSSR count). The van der Waals surface area contributed by atoms with Crippen molar-refractivity contribution < 1.29 is 13.9 Å². The highest BCUT2D eigenvalue weighted by atomic mass is 19.1. The predicted octanol–water partition coefficient (Wildman–Crippen LogP) is 6.65. The van der Waals surface area contributed by atoms with Crippen LogP contribution in [0.5, 0.6) is 0 Å². The maximum Gasteiger partial charge on any atom is 0.311 e. The van der Waals surface area contributed by atoms with E-state index in [9.17, 15) is 4.79 Å². The number of nitrogens with one attached hydrogen (secondary N) is 1. The van der Waals surface area contributed by atoms with Crippen molar-refractivity contribution in [1.82, 2.24) is 29.9 Å². The van der Waals surface area contributed by atoms with Gasteiger partial charge in [-0.1, -0.05) is 91.0 Å². The number of hydrogen-bond donors (Lipinski definition) is 1. The number of hydrogen-bond acceptors (Lipinski definition) is 8. The molecular formula is C38H34FN7O2. The van der Waals surface area contributed by atoms with Crippen LogP contribution in [0.3, 0.4) is 0 Å². The number of methoxy groups -OCH3 is 1. The van der Waals surface area contributed by atoms with Crippen molar-refractivity contribution in [3.63, 3.8) is 0 Å². The minimum absolute atomic E-state index is 0.134. The van der Waals surface area contributed by atoms with E-state index in [1.54, 1.807) is 6.20 Å². The summed E-state index contributed by atoms with van der Waals surface area (Å²) in [7, 11) is 1.45. The molecule has 3 aromatic carbocycles. The topological polar surface area (TPSA) is 108 Å². The first-order valence-corrected chi connectivity index (χ1v) is 16.3. The number of aromatic nitrogens is 6. The summed E-state index contributed by atoms with van der Waals surface area (Å²) in [6.07, 6.45) is 6.88. The Morgan fingerprint density at radius 2 is 1.44 bits per heavy atom. The smallest absolute Gasteiger partial charge is 0.311 e. The molecule has 2 unspecified atom stereocenters. The van der Waals surface area contributed by atoms with Crippen LogP contribution in [0.2, 0.25) is 0 Å². The number of rotatable bonds is 8. The molecule has 3 heterocycles. The molecule has 2 bridgehead atoms. The number of nitrogens with zero attached hydrogens (tertiary/aromatic N) is 6. The molecule has 2 atom stereocenters. The molecule has 0 amide bonds. The summed E-state index contributed by atoms with van der Waals surface area (Å²) < 4.78 is 22.1. The van der Waals surface area contributed by atoms with Crippen molar-refractivity contribution >= 4 is 22.8 Å². The molecule has 3 aromatic heterocycles. The maximum atomic E-state index is 15.0. The standard InChI is InChI=1S/C38H34FN7O2/c1-48-37(47)32-24-17-19-25(20-18-24)33(32)42-31-23-41-44-35(43-31)34-30-21-29(39)22-40-36(30)46(45-34)38(26-11-5-2-6-12-26,27-13-7-3-8-14-27)28-15-9-4-10-16-28/h2-16,21-25,32-33H,17-20H2,1H3,(H,42,43,44). The van der Waals surface area contributed by atoms with Crippen molar-refractivity contribution in [3.8, 4) is 11.5 Å². The van der Waals surface area contributed by atoms with Gasteiger partial charge in [-0.15, -0.1) is 5.10 Å². The van der Waals surface area contributed by atoms with Gasteiger partial charge in [0.15, 0.2) is 5.65 Å². The Bertz CT molecular complexity index is 1970. The highest BCUT2D eigenvalue weighted by molar-refractivity contribution is 5.90. The fraction of sp³-hybridized carbons (Fsp3) is 0.263. The number of pyridine rings is 1. The van der Waals surface area contributed by atoms with Crippen LogP contribution in [-0.4, -0.2) is 49.1 Å². The van der Waals surface area contributed by atoms with Gasteiger partial charge in [0, 0.05) is 6.04 Å². The predicted molar refractivity (Wildman–Crippen MR) is 179 cm³/mol. The second-order valence-corrected chi connectivity index (χ2v) is 12.7. The molecule has 3 saturated carbocycles. The number of carbonyl (C=O) groups excluding carboxylic acids is 1. The minimum Gasteiger partial charge on any atom is -0.469 e. The van der Waals surface area contributed by atoms with E-state index in [0.29, 0.717) is 28.5 Å². The van der Waals surface area contributed by atoms with Gasteiger partial charge >= 0.3 is 5.97 Å². The van der Waals surface area contributed by atoms with E-state index >= 15 is 4.39 Å². The number of carbonyl (C=O) groups is 1. The SMILES string of the molecule is COC(=O)C1C2CCC(CC2)C1Nc1cnnc(-c2nn(C(c3ccccc3)(c3ccccc3)c3ccccc3)c3ncc(F)cc23)n1. The quantitative estimate of drug-likeness (QED) is 0.146. The molecular weight excluding hydrogens is 605 g/mol. The van der Waals surface area contributed by atoms with Crippen molar-refractivity contribution in [3.05, 3.63) is 132 Å². The van der Waals surface area contributed by atoms with Crippen LogP contribution in [0.25, 0.3) is 22.6 Å². The Morgan fingerprint density at radius 3 is 2.02 bits per heavy atom. The van der Waals surface area contributed by atoms with Crippen LogP contribution in [-0.2, 0) is 15.1 Å². The first kappa shape index (κ1) is 29.9. The Balaban J connectivity index is 1.32. The first-order valence-electron chi connectivity index (χ1n) is 16.3. The van der Waals surface area contributed by atoms with E-state index in [4.69, 9.17) is 14.8 Å². The molecule has 10 heteroatoms. The monoisotopic (exact) mass is 639 g/mol. The van der Waals surface area contributed by atoms with Crippen LogP contribution < -0.4 is 5.32 Å². The van der Waals surface area contributed by atoms with Gasteiger partial charge in [-0.2, -0.15) is 10.2 Å². The van der Waals surface area contributed by atoms with Crippen LogP contribution in [0.4, 0.5) is 10.2 Å². The lowest BCUT2D eigenvalue weighted by atomic mass is 9.61.